The number of hydrogen-bond acceptors (Lipinski definition) is 2. The molecule has 0 amide bonds. The molecular weight excluding hydrogens is 276 g/mol. The van der Waals surface area contributed by atoms with Crippen molar-refractivity contribution in [2.24, 2.45) is 11.7 Å². The minimum absolute atomic E-state index is 0.0832. The smallest absolute Gasteiger partial charge is 0.0377 e. The van der Waals surface area contributed by atoms with Crippen LogP contribution in [0.2, 0.25) is 0 Å². The molecule has 1 aliphatic heterocycles. The fraction of sp³-hybridized carbons (Fsp3) is 0.571. The van der Waals surface area contributed by atoms with Crippen molar-refractivity contribution in [1.29, 1.82) is 0 Å². The Kier molecular flexibility index (Phi) is 4.10. The Balaban J connectivity index is 2.14. The van der Waals surface area contributed by atoms with Gasteiger partial charge in [-0.1, -0.05) is 28.9 Å². The summed E-state index contributed by atoms with van der Waals surface area (Å²) in [5.74, 6) is 0.873. The van der Waals surface area contributed by atoms with E-state index >= 15 is 0 Å². The molecule has 3 heteroatoms. The molecule has 0 saturated carbocycles. The van der Waals surface area contributed by atoms with Crippen LogP contribution in [0.4, 0.5) is 5.69 Å². The first-order chi connectivity index (χ1) is 8.08. The van der Waals surface area contributed by atoms with E-state index in [-0.39, 0.29) is 6.04 Å². The van der Waals surface area contributed by atoms with Gasteiger partial charge in [0.2, 0.25) is 0 Å². The van der Waals surface area contributed by atoms with Crippen molar-refractivity contribution in [3.63, 3.8) is 0 Å². The molecule has 1 aromatic rings. The summed E-state index contributed by atoms with van der Waals surface area (Å²) in [7, 11) is 0. The van der Waals surface area contributed by atoms with E-state index in [2.05, 4.69) is 46.0 Å². The van der Waals surface area contributed by atoms with E-state index in [1.54, 1.807) is 0 Å². The van der Waals surface area contributed by atoms with Gasteiger partial charge in [0.1, 0.15) is 0 Å². The third-order valence-electron chi connectivity index (χ3n) is 3.62. The molecule has 0 unspecified atom stereocenters. The summed E-state index contributed by atoms with van der Waals surface area (Å²) < 4.78 is 1.13. The molecule has 1 aromatic carbocycles. The van der Waals surface area contributed by atoms with E-state index in [0.29, 0.717) is 0 Å². The van der Waals surface area contributed by atoms with E-state index in [1.807, 2.05) is 6.92 Å². The molecule has 94 valence electrons. The molecular formula is C14H21BrN2. The Labute approximate surface area is 112 Å². The Hall–Kier alpha value is -0.540. The SMILES string of the molecule is CC1CCN(c2ccc([C@@H](C)N)c(Br)c2)CC1. The average Bonchev–Trinajstić information content (AvgIpc) is 2.29. The molecule has 1 atom stereocenters. The van der Waals surface area contributed by atoms with E-state index < -0.39 is 0 Å². The maximum absolute atomic E-state index is 5.92. The molecule has 0 spiro atoms. The van der Waals surface area contributed by atoms with Crippen LogP contribution >= 0.6 is 15.9 Å². The van der Waals surface area contributed by atoms with Crippen LogP contribution in [-0.4, -0.2) is 13.1 Å². The van der Waals surface area contributed by atoms with Crippen molar-refractivity contribution in [1.82, 2.24) is 0 Å². The zero-order chi connectivity index (χ0) is 12.4. The molecule has 17 heavy (non-hydrogen) atoms. The second kappa shape index (κ2) is 5.40. The second-order valence-electron chi connectivity index (χ2n) is 5.16. The van der Waals surface area contributed by atoms with Gasteiger partial charge >= 0.3 is 0 Å². The number of rotatable bonds is 2. The topological polar surface area (TPSA) is 29.3 Å². The minimum atomic E-state index is 0.0832. The van der Waals surface area contributed by atoms with Crippen molar-refractivity contribution in [3.8, 4) is 0 Å². The van der Waals surface area contributed by atoms with E-state index in [1.165, 1.54) is 37.2 Å². The summed E-state index contributed by atoms with van der Waals surface area (Å²) in [4.78, 5) is 2.47. The molecule has 0 radical (unpaired) electrons. The number of benzene rings is 1. The predicted molar refractivity (Wildman–Crippen MR) is 77.4 cm³/mol. The maximum Gasteiger partial charge on any atom is 0.0377 e. The van der Waals surface area contributed by atoms with Gasteiger partial charge in [-0.3, -0.25) is 0 Å². The molecule has 1 heterocycles. The fourth-order valence-corrected chi connectivity index (χ4v) is 3.08. The minimum Gasteiger partial charge on any atom is -0.371 e. The Morgan fingerprint density at radius 3 is 2.53 bits per heavy atom. The highest BCUT2D eigenvalue weighted by Crippen LogP contribution is 2.29. The van der Waals surface area contributed by atoms with Crippen molar-refractivity contribution in [2.75, 3.05) is 18.0 Å². The third kappa shape index (κ3) is 3.02. The number of nitrogens with two attached hydrogens (primary N) is 1. The first kappa shape index (κ1) is 12.9. The summed E-state index contributed by atoms with van der Waals surface area (Å²) in [5.41, 5.74) is 8.41. The van der Waals surface area contributed by atoms with Crippen molar-refractivity contribution in [2.45, 2.75) is 32.7 Å². The molecule has 1 fully saturated rings. The summed E-state index contributed by atoms with van der Waals surface area (Å²) in [5, 5.41) is 0. The van der Waals surface area contributed by atoms with Crippen molar-refractivity contribution >= 4 is 21.6 Å². The number of halogens is 1. The summed E-state index contributed by atoms with van der Waals surface area (Å²) >= 11 is 3.62. The van der Waals surface area contributed by atoms with Gasteiger partial charge < -0.3 is 10.6 Å². The first-order valence-electron chi connectivity index (χ1n) is 6.38. The van der Waals surface area contributed by atoms with E-state index in [9.17, 15) is 0 Å². The maximum atomic E-state index is 5.92. The van der Waals surface area contributed by atoms with Crippen molar-refractivity contribution in [3.05, 3.63) is 28.2 Å². The van der Waals surface area contributed by atoms with Gasteiger partial charge in [0.05, 0.1) is 0 Å². The lowest BCUT2D eigenvalue weighted by Crippen LogP contribution is -2.32. The number of hydrogen-bond donors (Lipinski definition) is 1. The Morgan fingerprint density at radius 1 is 1.35 bits per heavy atom. The van der Waals surface area contributed by atoms with Gasteiger partial charge in [-0.2, -0.15) is 0 Å². The van der Waals surface area contributed by atoms with Gasteiger partial charge in [-0.05, 0) is 43.4 Å². The molecule has 0 aromatic heterocycles. The van der Waals surface area contributed by atoms with Gasteiger partial charge in [0.25, 0.3) is 0 Å². The Bertz CT molecular complexity index is 382. The average molecular weight is 297 g/mol. The first-order valence-corrected chi connectivity index (χ1v) is 7.17. The van der Waals surface area contributed by atoms with Crippen molar-refractivity contribution < 1.29 is 0 Å². The van der Waals surface area contributed by atoms with E-state index in [0.717, 1.165) is 10.4 Å². The summed E-state index contributed by atoms with van der Waals surface area (Å²) in [6.45, 7) is 6.70. The normalized spacial score (nSPS) is 19.4. The van der Waals surface area contributed by atoms with Crippen LogP contribution < -0.4 is 10.6 Å². The zero-order valence-corrected chi connectivity index (χ0v) is 12.2. The van der Waals surface area contributed by atoms with Crippen LogP contribution in [0.1, 0.15) is 38.3 Å². The van der Waals surface area contributed by atoms with Crippen LogP contribution in [0.25, 0.3) is 0 Å². The van der Waals surface area contributed by atoms with Crippen LogP contribution in [0.15, 0.2) is 22.7 Å². The van der Waals surface area contributed by atoms with Gasteiger partial charge in [-0.15, -0.1) is 0 Å². The highest BCUT2D eigenvalue weighted by molar-refractivity contribution is 9.10. The lowest BCUT2D eigenvalue weighted by atomic mass is 9.98. The second-order valence-corrected chi connectivity index (χ2v) is 6.02. The van der Waals surface area contributed by atoms with Crippen LogP contribution in [0.5, 0.6) is 0 Å². The lowest BCUT2D eigenvalue weighted by Gasteiger charge is -2.32. The molecule has 1 aliphatic rings. The lowest BCUT2D eigenvalue weighted by molar-refractivity contribution is 0.438. The molecule has 2 N–H and O–H groups in total. The zero-order valence-electron chi connectivity index (χ0n) is 10.6. The highest BCUT2D eigenvalue weighted by Gasteiger charge is 2.17. The predicted octanol–water partition coefficient (Wildman–Crippen LogP) is 3.71. The van der Waals surface area contributed by atoms with Gasteiger partial charge in [0, 0.05) is 29.3 Å². The standard InChI is InChI=1S/C14H21BrN2/c1-10-5-7-17(8-6-10)12-3-4-13(11(2)16)14(15)9-12/h3-4,9-11H,5-8,16H2,1-2H3/t11-/m1/s1. The number of anilines is 1. The molecule has 2 nitrogen and oxygen atoms in total. The van der Waals surface area contributed by atoms with Crippen LogP contribution in [-0.2, 0) is 0 Å². The quantitative estimate of drug-likeness (QED) is 0.901. The molecule has 0 bridgehead atoms. The van der Waals surface area contributed by atoms with Crippen LogP contribution in [0.3, 0.4) is 0 Å². The number of piperidine rings is 1. The fourth-order valence-electron chi connectivity index (χ4n) is 2.35. The summed E-state index contributed by atoms with van der Waals surface area (Å²) in [6.07, 6.45) is 2.60. The third-order valence-corrected chi connectivity index (χ3v) is 4.31. The highest BCUT2D eigenvalue weighted by atomic mass is 79.9. The summed E-state index contributed by atoms with van der Waals surface area (Å²) in [6, 6.07) is 6.62. The largest absolute Gasteiger partial charge is 0.371 e. The van der Waals surface area contributed by atoms with E-state index in [4.69, 9.17) is 5.73 Å². The van der Waals surface area contributed by atoms with Gasteiger partial charge in [0.15, 0.2) is 0 Å². The van der Waals surface area contributed by atoms with Gasteiger partial charge in [-0.25, -0.2) is 0 Å². The monoisotopic (exact) mass is 296 g/mol. The Morgan fingerprint density at radius 2 is 2.00 bits per heavy atom. The molecule has 2 rings (SSSR count). The molecule has 1 saturated heterocycles. The number of nitrogens with zero attached hydrogens (tertiary/aromatic N) is 1. The molecule has 0 aliphatic carbocycles. The van der Waals surface area contributed by atoms with Crippen LogP contribution in [0, 0.1) is 5.92 Å².